The Hall–Kier alpha value is -0.810. The maximum atomic E-state index is 10.0. The Balaban J connectivity index is 2.13. The van der Waals surface area contributed by atoms with Crippen molar-refractivity contribution in [1.82, 2.24) is 5.32 Å². The first-order valence-electron chi connectivity index (χ1n) is 3.45. The van der Waals surface area contributed by atoms with E-state index in [1.165, 1.54) is 0 Å². The van der Waals surface area contributed by atoms with E-state index in [1.54, 1.807) is 0 Å². The highest BCUT2D eigenvalue weighted by Crippen LogP contribution is 2.11. The molecule has 0 aromatic rings. The van der Waals surface area contributed by atoms with Crippen molar-refractivity contribution in [3.05, 3.63) is 0 Å². The molecule has 0 spiro atoms. The van der Waals surface area contributed by atoms with E-state index in [9.17, 15) is 4.79 Å². The van der Waals surface area contributed by atoms with Gasteiger partial charge in [0, 0.05) is 13.0 Å². The number of nitrogens with one attached hydrogen (secondary N) is 1. The summed E-state index contributed by atoms with van der Waals surface area (Å²) in [6, 6.07) is 0. The van der Waals surface area contributed by atoms with Crippen LogP contribution >= 0.6 is 0 Å². The van der Waals surface area contributed by atoms with Gasteiger partial charge < -0.3 is 20.3 Å². The second-order valence-electron chi connectivity index (χ2n) is 2.53. The number of rotatable bonds is 2. The highest BCUT2D eigenvalue weighted by molar-refractivity contribution is 5.64. The lowest BCUT2D eigenvalue weighted by Gasteiger charge is -2.07. The summed E-state index contributed by atoms with van der Waals surface area (Å²) in [7, 11) is 0. The Kier molecular flexibility index (Phi) is 2.67. The van der Waals surface area contributed by atoms with E-state index in [2.05, 4.69) is 5.32 Å². The second kappa shape index (κ2) is 3.54. The molecule has 1 aliphatic heterocycles. The van der Waals surface area contributed by atoms with Crippen LogP contribution < -0.4 is 5.32 Å². The van der Waals surface area contributed by atoms with Gasteiger partial charge in [-0.1, -0.05) is 0 Å². The molecule has 0 aromatic heterocycles. The van der Waals surface area contributed by atoms with Gasteiger partial charge in [0.1, 0.15) is 0 Å². The standard InChI is InChI=1S/C6H11NO4/c8-4-1-5(11-3-4)2-7-6(9)10/h4-5,7-8H,1-3H2,(H,9,10). The van der Waals surface area contributed by atoms with Gasteiger partial charge in [0.15, 0.2) is 0 Å². The Morgan fingerprint density at radius 2 is 2.45 bits per heavy atom. The molecule has 0 saturated carbocycles. The molecule has 1 fully saturated rings. The minimum Gasteiger partial charge on any atom is -0.465 e. The Morgan fingerprint density at radius 3 is 2.91 bits per heavy atom. The van der Waals surface area contributed by atoms with Gasteiger partial charge in [-0.25, -0.2) is 4.79 Å². The van der Waals surface area contributed by atoms with Gasteiger partial charge in [-0.3, -0.25) is 0 Å². The molecule has 3 N–H and O–H groups in total. The van der Waals surface area contributed by atoms with Crippen molar-refractivity contribution in [2.75, 3.05) is 13.2 Å². The predicted molar refractivity (Wildman–Crippen MR) is 36.4 cm³/mol. The third kappa shape index (κ3) is 2.73. The van der Waals surface area contributed by atoms with E-state index in [4.69, 9.17) is 14.9 Å². The predicted octanol–water partition coefficient (Wildman–Crippen LogP) is -0.596. The van der Waals surface area contributed by atoms with Gasteiger partial charge in [0.05, 0.1) is 18.8 Å². The minimum absolute atomic E-state index is 0.166. The lowest BCUT2D eigenvalue weighted by atomic mass is 10.2. The number of ether oxygens (including phenoxy) is 1. The summed E-state index contributed by atoms with van der Waals surface area (Å²) >= 11 is 0. The molecule has 0 aliphatic carbocycles. The van der Waals surface area contributed by atoms with Crippen molar-refractivity contribution in [2.45, 2.75) is 18.6 Å². The van der Waals surface area contributed by atoms with Gasteiger partial charge >= 0.3 is 6.09 Å². The van der Waals surface area contributed by atoms with Crippen LogP contribution in [0.3, 0.4) is 0 Å². The van der Waals surface area contributed by atoms with Crippen molar-refractivity contribution in [2.24, 2.45) is 0 Å². The minimum atomic E-state index is -1.06. The van der Waals surface area contributed by atoms with Crippen LogP contribution in [-0.2, 0) is 4.74 Å². The summed E-state index contributed by atoms with van der Waals surface area (Å²) in [5.74, 6) is 0. The van der Waals surface area contributed by atoms with Crippen LogP contribution in [0.25, 0.3) is 0 Å². The number of hydrogen-bond acceptors (Lipinski definition) is 3. The number of carbonyl (C=O) groups is 1. The summed E-state index contributed by atoms with van der Waals surface area (Å²) in [6.45, 7) is 0.568. The van der Waals surface area contributed by atoms with Crippen LogP contribution in [0.5, 0.6) is 0 Å². The van der Waals surface area contributed by atoms with Gasteiger partial charge in [0.25, 0.3) is 0 Å². The van der Waals surface area contributed by atoms with Crippen molar-refractivity contribution >= 4 is 6.09 Å². The molecule has 1 aliphatic rings. The number of amides is 1. The SMILES string of the molecule is O=C(O)NCC1CC(O)CO1. The zero-order valence-electron chi connectivity index (χ0n) is 5.99. The molecular weight excluding hydrogens is 150 g/mol. The number of hydrogen-bond donors (Lipinski definition) is 3. The van der Waals surface area contributed by atoms with Gasteiger partial charge in [-0.15, -0.1) is 0 Å². The van der Waals surface area contributed by atoms with Crippen molar-refractivity contribution < 1.29 is 19.7 Å². The van der Waals surface area contributed by atoms with Crippen LogP contribution in [0.1, 0.15) is 6.42 Å². The summed E-state index contributed by atoms with van der Waals surface area (Å²) in [6.07, 6.45) is -1.15. The lowest BCUT2D eigenvalue weighted by Crippen LogP contribution is -2.30. The van der Waals surface area contributed by atoms with Crippen LogP contribution in [0.2, 0.25) is 0 Å². The average molecular weight is 161 g/mol. The highest BCUT2D eigenvalue weighted by atomic mass is 16.5. The third-order valence-corrected chi connectivity index (χ3v) is 1.54. The number of carboxylic acid groups (broad SMARTS) is 1. The molecule has 64 valence electrons. The maximum absolute atomic E-state index is 10.0. The molecule has 1 rings (SSSR count). The molecule has 1 saturated heterocycles. The summed E-state index contributed by atoms with van der Waals surface area (Å²) < 4.78 is 5.04. The molecule has 0 bridgehead atoms. The zero-order valence-corrected chi connectivity index (χ0v) is 5.99. The molecule has 1 heterocycles. The molecule has 2 unspecified atom stereocenters. The topological polar surface area (TPSA) is 78.8 Å². The van der Waals surface area contributed by atoms with E-state index in [-0.39, 0.29) is 12.6 Å². The van der Waals surface area contributed by atoms with Crippen LogP contribution in [0.15, 0.2) is 0 Å². The summed E-state index contributed by atoms with van der Waals surface area (Å²) in [5, 5.41) is 19.4. The van der Waals surface area contributed by atoms with E-state index < -0.39 is 12.2 Å². The lowest BCUT2D eigenvalue weighted by molar-refractivity contribution is 0.0877. The van der Waals surface area contributed by atoms with Crippen molar-refractivity contribution in [1.29, 1.82) is 0 Å². The molecule has 5 heteroatoms. The quantitative estimate of drug-likeness (QED) is 0.505. The van der Waals surface area contributed by atoms with Crippen molar-refractivity contribution in [3.63, 3.8) is 0 Å². The first-order chi connectivity index (χ1) is 5.18. The monoisotopic (exact) mass is 161 g/mol. The molecule has 1 amide bonds. The number of aliphatic hydroxyl groups is 1. The Morgan fingerprint density at radius 1 is 1.73 bits per heavy atom. The Labute approximate surface area is 64.0 Å². The first kappa shape index (κ1) is 8.29. The average Bonchev–Trinajstić information content (AvgIpc) is 2.31. The van der Waals surface area contributed by atoms with Crippen molar-refractivity contribution in [3.8, 4) is 0 Å². The van der Waals surface area contributed by atoms with Crippen LogP contribution in [0.4, 0.5) is 4.79 Å². The highest BCUT2D eigenvalue weighted by Gasteiger charge is 2.23. The Bertz CT molecular complexity index is 150. The van der Waals surface area contributed by atoms with Gasteiger partial charge in [0.2, 0.25) is 0 Å². The molecule has 0 aromatic carbocycles. The van der Waals surface area contributed by atoms with E-state index >= 15 is 0 Å². The fourth-order valence-electron chi connectivity index (χ4n) is 1.03. The maximum Gasteiger partial charge on any atom is 0.404 e. The molecule has 2 atom stereocenters. The molecule has 0 radical (unpaired) electrons. The number of aliphatic hydroxyl groups excluding tert-OH is 1. The summed E-state index contributed by atoms with van der Waals surface area (Å²) in [4.78, 5) is 10.0. The third-order valence-electron chi connectivity index (χ3n) is 1.54. The van der Waals surface area contributed by atoms with E-state index in [0.717, 1.165) is 0 Å². The fraction of sp³-hybridized carbons (Fsp3) is 0.833. The van der Waals surface area contributed by atoms with Crippen LogP contribution in [0, 0.1) is 0 Å². The molecular formula is C6H11NO4. The molecule has 11 heavy (non-hydrogen) atoms. The van der Waals surface area contributed by atoms with E-state index in [1.807, 2.05) is 0 Å². The fourth-order valence-corrected chi connectivity index (χ4v) is 1.03. The van der Waals surface area contributed by atoms with Crippen LogP contribution in [-0.4, -0.2) is 41.7 Å². The largest absolute Gasteiger partial charge is 0.465 e. The smallest absolute Gasteiger partial charge is 0.404 e. The normalized spacial score (nSPS) is 30.3. The zero-order chi connectivity index (χ0) is 8.27. The molecule has 5 nitrogen and oxygen atoms in total. The van der Waals surface area contributed by atoms with Gasteiger partial charge in [-0.2, -0.15) is 0 Å². The second-order valence-corrected chi connectivity index (χ2v) is 2.53. The van der Waals surface area contributed by atoms with E-state index in [0.29, 0.717) is 13.0 Å². The summed E-state index contributed by atoms with van der Waals surface area (Å²) in [5.41, 5.74) is 0. The first-order valence-corrected chi connectivity index (χ1v) is 3.45. The van der Waals surface area contributed by atoms with Gasteiger partial charge in [-0.05, 0) is 0 Å².